The van der Waals surface area contributed by atoms with Crippen LogP contribution in [-0.2, 0) is 20.5 Å². The quantitative estimate of drug-likeness (QED) is 0.607. The topological polar surface area (TPSA) is 84.5 Å². The summed E-state index contributed by atoms with van der Waals surface area (Å²) in [6.07, 6.45) is -4.79. The number of benzene rings is 2. The third kappa shape index (κ3) is 4.98. The molecule has 2 aromatic carbocycles. The third-order valence-corrected chi connectivity index (χ3v) is 3.56. The number of alkyl halides is 3. The number of hydrogen-bond donors (Lipinski definition) is 2. The van der Waals surface area contributed by atoms with Crippen LogP contribution in [0.4, 0.5) is 24.5 Å². The Kier molecular flexibility index (Phi) is 6.06. The van der Waals surface area contributed by atoms with Crippen LogP contribution in [0.1, 0.15) is 15.9 Å². The second kappa shape index (κ2) is 8.09. The summed E-state index contributed by atoms with van der Waals surface area (Å²) in [6, 6.07) is 8.37. The van der Waals surface area contributed by atoms with Gasteiger partial charge in [-0.15, -0.1) is 0 Å². The van der Waals surface area contributed by atoms with Gasteiger partial charge < -0.3 is 15.4 Å². The molecule has 2 aromatic rings. The van der Waals surface area contributed by atoms with Gasteiger partial charge in [0.25, 0.3) is 0 Å². The number of para-hydroxylation sites is 1. The Morgan fingerprint density at radius 2 is 1.56 bits per heavy atom. The molecule has 2 rings (SSSR count). The summed E-state index contributed by atoms with van der Waals surface area (Å²) in [4.78, 5) is 35.7. The SMILES string of the molecule is COC(=O)c1ccccc1NC(=O)C(=O)Nc1ccc(Cl)cc1C(F)(F)F. The first-order valence-corrected chi connectivity index (χ1v) is 7.67. The summed E-state index contributed by atoms with van der Waals surface area (Å²) >= 11 is 5.55. The second-order valence-electron chi connectivity index (χ2n) is 5.13. The third-order valence-electron chi connectivity index (χ3n) is 3.32. The summed E-state index contributed by atoms with van der Waals surface area (Å²) in [7, 11) is 1.13. The summed E-state index contributed by atoms with van der Waals surface area (Å²) < 4.78 is 43.7. The van der Waals surface area contributed by atoms with Crippen molar-refractivity contribution in [2.75, 3.05) is 17.7 Å². The Hall–Kier alpha value is -3.07. The molecule has 0 radical (unpaired) electrons. The van der Waals surface area contributed by atoms with Gasteiger partial charge in [0, 0.05) is 5.02 Å². The first kappa shape index (κ1) is 20.2. The molecule has 0 unspecified atom stereocenters. The van der Waals surface area contributed by atoms with Crippen molar-refractivity contribution >= 4 is 40.8 Å². The maximum absolute atomic E-state index is 13.0. The molecule has 0 aromatic heterocycles. The Bertz CT molecular complexity index is 900. The van der Waals surface area contributed by atoms with Crippen molar-refractivity contribution in [2.45, 2.75) is 6.18 Å². The number of esters is 1. The van der Waals surface area contributed by atoms with Gasteiger partial charge in [-0.2, -0.15) is 13.2 Å². The molecule has 0 saturated carbocycles. The van der Waals surface area contributed by atoms with Crippen LogP contribution in [0.5, 0.6) is 0 Å². The predicted molar refractivity (Wildman–Crippen MR) is 91.5 cm³/mol. The second-order valence-corrected chi connectivity index (χ2v) is 5.57. The van der Waals surface area contributed by atoms with Crippen LogP contribution in [0, 0.1) is 0 Å². The number of methoxy groups -OCH3 is 1. The van der Waals surface area contributed by atoms with Gasteiger partial charge in [-0.3, -0.25) is 9.59 Å². The number of halogens is 4. The molecule has 0 aliphatic carbocycles. The van der Waals surface area contributed by atoms with E-state index in [1.54, 1.807) is 0 Å². The van der Waals surface area contributed by atoms with Crippen molar-refractivity contribution in [1.82, 2.24) is 0 Å². The zero-order chi connectivity index (χ0) is 20.2. The number of carbonyl (C=O) groups excluding carboxylic acids is 3. The van der Waals surface area contributed by atoms with Crippen molar-refractivity contribution in [3.8, 4) is 0 Å². The predicted octanol–water partition coefficient (Wildman–Crippen LogP) is 3.72. The number of ether oxygens (including phenoxy) is 1. The smallest absolute Gasteiger partial charge is 0.418 e. The van der Waals surface area contributed by atoms with Crippen LogP contribution in [-0.4, -0.2) is 24.9 Å². The number of hydrogen-bond acceptors (Lipinski definition) is 4. The van der Waals surface area contributed by atoms with E-state index in [9.17, 15) is 27.6 Å². The van der Waals surface area contributed by atoms with E-state index >= 15 is 0 Å². The van der Waals surface area contributed by atoms with Crippen LogP contribution < -0.4 is 10.6 Å². The van der Waals surface area contributed by atoms with Crippen LogP contribution >= 0.6 is 11.6 Å². The summed E-state index contributed by atoms with van der Waals surface area (Å²) in [5.41, 5.74) is -1.89. The highest BCUT2D eigenvalue weighted by molar-refractivity contribution is 6.44. The van der Waals surface area contributed by atoms with Crippen molar-refractivity contribution in [1.29, 1.82) is 0 Å². The van der Waals surface area contributed by atoms with Gasteiger partial charge in [0.1, 0.15) is 0 Å². The van der Waals surface area contributed by atoms with Crippen LogP contribution in [0.3, 0.4) is 0 Å². The molecule has 0 aliphatic heterocycles. The van der Waals surface area contributed by atoms with Crippen molar-refractivity contribution in [3.05, 3.63) is 58.6 Å². The molecule has 10 heteroatoms. The molecule has 6 nitrogen and oxygen atoms in total. The minimum absolute atomic E-state index is 0.0244. The molecule has 0 spiro atoms. The van der Waals surface area contributed by atoms with E-state index in [4.69, 9.17) is 11.6 Å². The first-order chi connectivity index (χ1) is 12.6. The molecule has 2 N–H and O–H groups in total. The van der Waals surface area contributed by atoms with Gasteiger partial charge in [0.2, 0.25) is 0 Å². The van der Waals surface area contributed by atoms with Gasteiger partial charge in [0.15, 0.2) is 0 Å². The normalized spacial score (nSPS) is 10.9. The van der Waals surface area contributed by atoms with E-state index in [1.807, 2.05) is 5.32 Å². The molecule has 0 fully saturated rings. The summed E-state index contributed by atoms with van der Waals surface area (Å²) in [5, 5.41) is 3.85. The Labute approximate surface area is 156 Å². The van der Waals surface area contributed by atoms with Crippen LogP contribution in [0.2, 0.25) is 5.02 Å². The number of amides is 2. The van der Waals surface area contributed by atoms with Crippen LogP contribution in [0.25, 0.3) is 0 Å². The summed E-state index contributed by atoms with van der Waals surface area (Å²) in [5.74, 6) is -3.39. The lowest BCUT2D eigenvalue weighted by Crippen LogP contribution is -2.30. The lowest BCUT2D eigenvalue weighted by atomic mass is 10.1. The average molecular weight is 401 g/mol. The molecule has 0 bridgehead atoms. The van der Waals surface area contributed by atoms with E-state index in [0.29, 0.717) is 6.07 Å². The van der Waals surface area contributed by atoms with Crippen molar-refractivity contribution < 1.29 is 32.3 Å². The Morgan fingerprint density at radius 1 is 0.963 bits per heavy atom. The molecule has 142 valence electrons. The number of nitrogens with one attached hydrogen (secondary N) is 2. The zero-order valence-corrected chi connectivity index (χ0v) is 14.4. The van der Waals surface area contributed by atoms with E-state index in [0.717, 1.165) is 19.2 Å². The molecule has 0 heterocycles. The first-order valence-electron chi connectivity index (χ1n) is 7.30. The standard InChI is InChI=1S/C17H12ClF3N2O4/c1-27-16(26)10-4-2-3-5-12(10)22-14(24)15(25)23-13-7-6-9(18)8-11(13)17(19,20)21/h2-8H,1H3,(H,22,24)(H,23,25). The molecule has 0 atom stereocenters. The van der Waals surface area contributed by atoms with Crippen LogP contribution in [0.15, 0.2) is 42.5 Å². The number of rotatable bonds is 3. The molecular weight excluding hydrogens is 389 g/mol. The Morgan fingerprint density at radius 3 is 2.15 bits per heavy atom. The molecule has 0 saturated heterocycles. The fraction of sp³-hybridized carbons (Fsp3) is 0.118. The molecular formula is C17H12ClF3N2O4. The number of carbonyl (C=O) groups is 3. The van der Waals surface area contributed by atoms with Gasteiger partial charge >= 0.3 is 24.0 Å². The highest BCUT2D eigenvalue weighted by Gasteiger charge is 2.34. The van der Waals surface area contributed by atoms with Gasteiger partial charge in [-0.25, -0.2) is 4.79 Å². The zero-order valence-electron chi connectivity index (χ0n) is 13.7. The molecule has 0 aliphatic rings. The fourth-order valence-corrected chi connectivity index (χ4v) is 2.27. The van der Waals surface area contributed by atoms with E-state index in [-0.39, 0.29) is 16.3 Å². The van der Waals surface area contributed by atoms with Gasteiger partial charge in [-0.05, 0) is 30.3 Å². The summed E-state index contributed by atoms with van der Waals surface area (Å²) in [6.45, 7) is 0. The Balaban J connectivity index is 2.21. The largest absolute Gasteiger partial charge is 0.465 e. The van der Waals surface area contributed by atoms with Crippen molar-refractivity contribution in [2.24, 2.45) is 0 Å². The van der Waals surface area contributed by atoms with Gasteiger partial charge in [0.05, 0.1) is 29.6 Å². The maximum Gasteiger partial charge on any atom is 0.418 e. The monoisotopic (exact) mass is 400 g/mol. The highest BCUT2D eigenvalue weighted by atomic mass is 35.5. The van der Waals surface area contributed by atoms with Crippen molar-refractivity contribution in [3.63, 3.8) is 0 Å². The maximum atomic E-state index is 13.0. The lowest BCUT2D eigenvalue weighted by molar-refractivity contribution is -0.137. The highest BCUT2D eigenvalue weighted by Crippen LogP contribution is 2.36. The minimum atomic E-state index is -4.79. The molecule has 27 heavy (non-hydrogen) atoms. The van der Waals surface area contributed by atoms with E-state index in [1.165, 1.54) is 24.3 Å². The fourth-order valence-electron chi connectivity index (χ4n) is 2.10. The minimum Gasteiger partial charge on any atom is -0.465 e. The lowest BCUT2D eigenvalue weighted by Gasteiger charge is -2.14. The average Bonchev–Trinajstić information content (AvgIpc) is 2.62. The van der Waals surface area contributed by atoms with E-state index < -0.39 is 35.2 Å². The number of anilines is 2. The van der Waals surface area contributed by atoms with Gasteiger partial charge in [-0.1, -0.05) is 23.7 Å². The molecule has 2 amide bonds. The van der Waals surface area contributed by atoms with E-state index in [2.05, 4.69) is 10.1 Å².